The Hall–Kier alpha value is 0.0900. The average Bonchev–Trinajstić information content (AvgIpc) is 2.57. The van der Waals surface area contributed by atoms with Gasteiger partial charge in [-0.25, -0.2) is 0 Å². The van der Waals surface area contributed by atoms with E-state index < -0.39 is 0 Å². The molecule has 12 heavy (non-hydrogen) atoms. The number of hydrogen-bond acceptors (Lipinski definition) is 1. The Balaban J connectivity index is 2.06. The minimum absolute atomic E-state index is 0.756. The van der Waals surface area contributed by atoms with Crippen LogP contribution in [0.25, 0.3) is 0 Å². The lowest BCUT2D eigenvalue weighted by Gasteiger charge is -2.41. The van der Waals surface area contributed by atoms with Crippen molar-refractivity contribution >= 4 is 11.8 Å². The molecule has 0 radical (unpaired) electrons. The lowest BCUT2D eigenvalue weighted by molar-refractivity contribution is 0.131. The van der Waals surface area contributed by atoms with Crippen LogP contribution < -0.4 is 0 Å². The molecule has 0 unspecified atom stereocenters. The third-order valence-corrected chi connectivity index (χ3v) is 5.89. The molecule has 2 aliphatic carbocycles. The van der Waals surface area contributed by atoms with Crippen molar-refractivity contribution in [2.75, 3.05) is 11.5 Å². The first kappa shape index (κ1) is 7.49. The molecule has 0 aromatic carbocycles. The van der Waals surface area contributed by atoms with E-state index in [1.165, 1.54) is 43.6 Å². The van der Waals surface area contributed by atoms with Crippen molar-refractivity contribution in [3.63, 3.8) is 0 Å². The summed E-state index contributed by atoms with van der Waals surface area (Å²) in [6.07, 6.45) is 12.2. The zero-order chi connectivity index (χ0) is 8.07. The van der Waals surface area contributed by atoms with Crippen molar-refractivity contribution in [1.82, 2.24) is 0 Å². The molecule has 0 aromatic heterocycles. The van der Waals surface area contributed by atoms with Gasteiger partial charge in [0.1, 0.15) is 0 Å². The predicted octanol–water partition coefficient (Wildman–Crippen LogP) is 3.24. The molecule has 0 bridgehead atoms. The summed E-state index contributed by atoms with van der Waals surface area (Å²) in [5, 5.41) is 0. The van der Waals surface area contributed by atoms with Crippen LogP contribution in [-0.2, 0) is 0 Å². The zero-order valence-corrected chi connectivity index (χ0v) is 8.33. The van der Waals surface area contributed by atoms with E-state index in [1.54, 1.807) is 0 Å². The van der Waals surface area contributed by atoms with Crippen molar-refractivity contribution in [2.24, 2.45) is 10.8 Å². The molecule has 0 aromatic rings. The fourth-order valence-electron chi connectivity index (χ4n) is 3.56. The van der Waals surface area contributed by atoms with Crippen LogP contribution in [0.15, 0.2) is 12.2 Å². The number of thioether (sulfide) groups is 1. The number of rotatable bonds is 0. The third-order valence-electron chi connectivity index (χ3n) is 4.38. The van der Waals surface area contributed by atoms with Gasteiger partial charge in [0.15, 0.2) is 0 Å². The summed E-state index contributed by atoms with van der Waals surface area (Å²) < 4.78 is 0. The fraction of sp³-hybridized carbons (Fsp3) is 0.818. The first-order valence-electron chi connectivity index (χ1n) is 5.10. The molecule has 2 atom stereocenters. The molecule has 0 nitrogen and oxygen atoms in total. The second-order valence-corrected chi connectivity index (χ2v) is 5.77. The van der Waals surface area contributed by atoms with Crippen LogP contribution in [-0.4, -0.2) is 11.5 Å². The summed E-state index contributed by atoms with van der Waals surface area (Å²) in [7, 11) is 0. The maximum Gasteiger partial charge on any atom is -0.000189 e. The van der Waals surface area contributed by atoms with Gasteiger partial charge in [-0.2, -0.15) is 11.8 Å². The summed E-state index contributed by atoms with van der Waals surface area (Å²) in [5.41, 5.74) is 1.51. The van der Waals surface area contributed by atoms with Gasteiger partial charge < -0.3 is 0 Å². The molecular formula is C11H16S. The third kappa shape index (κ3) is 0.717. The van der Waals surface area contributed by atoms with E-state index in [9.17, 15) is 0 Å². The maximum absolute atomic E-state index is 2.44. The van der Waals surface area contributed by atoms with E-state index in [4.69, 9.17) is 0 Å². The zero-order valence-electron chi connectivity index (χ0n) is 7.51. The molecular weight excluding hydrogens is 164 g/mol. The highest BCUT2D eigenvalue weighted by Gasteiger charge is 2.57. The first-order valence-corrected chi connectivity index (χ1v) is 6.25. The molecule has 0 spiro atoms. The Morgan fingerprint density at radius 1 is 0.917 bits per heavy atom. The molecule has 1 aliphatic heterocycles. The first-order chi connectivity index (χ1) is 5.87. The van der Waals surface area contributed by atoms with Crippen molar-refractivity contribution < 1.29 is 0 Å². The van der Waals surface area contributed by atoms with E-state index in [0.717, 1.165) is 10.8 Å². The van der Waals surface area contributed by atoms with Crippen LogP contribution >= 0.6 is 11.8 Å². The fourth-order valence-corrected chi connectivity index (χ4v) is 5.58. The van der Waals surface area contributed by atoms with Gasteiger partial charge in [-0.15, -0.1) is 0 Å². The summed E-state index contributed by atoms with van der Waals surface area (Å²) >= 11 is 2.21. The van der Waals surface area contributed by atoms with Gasteiger partial charge in [-0.3, -0.25) is 0 Å². The second-order valence-electron chi connectivity index (χ2n) is 4.79. The van der Waals surface area contributed by atoms with E-state index in [1.807, 2.05) is 0 Å². The summed E-state index contributed by atoms with van der Waals surface area (Å²) in [6, 6.07) is 0. The molecule has 0 amide bonds. The Morgan fingerprint density at radius 2 is 1.50 bits per heavy atom. The molecule has 0 N–H and O–H groups in total. The standard InChI is InChI=1S/C11H16S/c1-2-5-11-7-3-6-10(11,4-1)8-12-9-11/h1-2H,3-9H2/t10-,11-/m1/s1. The normalized spacial score (nSPS) is 50.7. The Bertz CT molecular complexity index is 197. The monoisotopic (exact) mass is 180 g/mol. The van der Waals surface area contributed by atoms with E-state index in [-0.39, 0.29) is 0 Å². The molecule has 2 fully saturated rings. The molecule has 3 aliphatic rings. The minimum atomic E-state index is 0.756. The SMILES string of the molecule is C1=CC[C@]23CCC[C@]2(C1)CSC3. The quantitative estimate of drug-likeness (QED) is 0.516. The maximum atomic E-state index is 2.44. The molecule has 66 valence electrons. The smallest absolute Gasteiger partial charge is 0.000189 e. The number of allylic oxidation sites excluding steroid dienone is 2. The Kier molecular flexibility index (Phi) is 1.44. The number of hydrogen-bond donors (Lipinski definition) is 0. The predicted molar refractivity (Wildman–Crippen MR) is 54.4 cm³/mol. The van der Waals surface area contributed by atoms with Gasteiger partial charge in [0.2, 0.25) is 0 Å². The van der Waals surface area contributed by atoms with Gasteiger partial charge in [-0.05, 0) is 48.0 Å². The van der Waals surface area contributed by atoms with Gasteiger partial charge in [0.25, 0.3) is 0 Å². The topological polar surface area (TPSA) is 0 Å². The van der Waals surface area contributed by atoms with Crippen LogP contribution in [0.2, 0.25) is 0 Å². The summed E-state index contributed by atoms with van der Waals surface area (Å²) in [6.45, 7) is 0. The van der Waals surface area contributed by atoms with Crippen LogP contribution in [0.3, 0.4) is 0 Å². The average molecular weight is 180 g/mol. The second kappa shape index (κ2) is 2.31. The van der Waals surface area contributed by atoms with Crippen LogP contribution in [0.5, 0.6) is 0 Å². The van der Waals surface area contributed by atoms with Gasteiger partial charge in [-0.1, -0.05) is 18.6 Å². The highest BCUT2D eigenvalue weighted by atomic mass is 32.2. The van der Waals surface area contributed by atoms with Gasteiger partial charge in [0, 0.05) is 0 Å². The largest absolute Gasteiger partial charge is 0.161 e. The highest BCUT2D eigenvalue weighted by molar-refractivity contribution is 7.99. The van der Waals surface area contributed by atoms with Crippen LogP contribution in [0.4, 0.5) is 0 Å². The highest BCUT2D eigenvalue weighted by Crippen LogP contribution is 2.65. The lowest BCUT2D eigenvalue weighted by Crippen LogP contribution is -2.37. The Morgan fingerprint density at radius 3 is 2.08 bits per heavy atom. The molecule has 1 saturated heterocycles. The molecule has 1 saturated carbocycles. The van der Waals surface area contributed by atoms with E-state index >= 15 is 0 Å². The Labute approximate surface area is 78.8 Å². The van der Waals surface area contributed by atoms with Gasteiger partial charge in [0.05, 0.1) is 0 Å². The van der Waals surface area contributed by atoms with Crippen molar-refractivity contribution in [2.45, 2.75) is 32.1 Å². The van der Waals surface area contributed by atoms with E-state index in [2.05, 4.69) is 23.9 Å². The van der Waals surface area contributed by atoms with Crippen molar-refractivity contribution in [1.29, 1.82) is 0 Å². The molecule has 3 rings (SSSR count). The molecule has 1 heterocycles. The minimum Gasteiger partial charge on any atom is -0.161 e. The molecule has 1 heteroatoms. The lowest BCUT2D eigenvalue weighted by atomic mass is 9.62. The van der Waals surface area contributed by atoms with Gasteiger partial charge >= 0.3 is 0 Å². The van der Waals surface area contributed by atoms with Crippen molar-refractivity contribution in [3.05, 3.63) is 12.2 Å². The summed E-state index contributed by atoms with van der Waals surface area (Å²) in [4.78, 5) is 0. The van der Waals surface area contributed by atoms with E-state index in [0.29, 0.717) is 0 Å². The van der Waals surface area contributed by atoms with Crippen LogP contribution in [0.1, 0.15) is 32.1 Å². The van der Waals surface area contributed by atoms with Crippen molar-refractivity contribution in [3.8, 4) is 0 Å². The summed E-state index contributed by atoms with van der Waals surface area (Å²) in [5.74, 6) is 2.91. The van der Waals surface area contributed by atoms with Crippen LogP contribution in [0, 0.1) is 10.8 Å².